The maximum Gasteiger partial charge on any atom is 0.141 e. The Hall–Kier alpha value is -1.91. The fraction of sp³-hybridized carbons (Fsp3) is 0.200. The number of rotatable bonds is 5. The van der Waals surface area contributed by atoms with E-state index in [1.807, 2.05) is 37.4 Å². The number of nitrogens with one attached hydrogen (secondary N) is 1. The van der Waals surface area contributed by atoms with Crippen molar-refractivity contribution in [2.45, 2.75) is 13.1 Å². The van der Waals surface area contributed by atoms with Gasteiger partial charge in [-0.15, -0.1) is 0 Å². The van der Waals surface area contributed by atoms with Crippen LogP contribution < -0.4 is 5.73 Å². The number of amidine groups is 1. The van der Waals surface area contributed by atoms with Crippen LogP contribution in [-0.2, 0) is 13.1 Å². The first-order chi connectivity index (χ1) is 9.54. The second kappa shape index (κ2) is 6.50. The van der Waals surface area contributed by atoms with Gasteiger partial charge in [0.15, 0.2) is 0 Å². The summed E-state index contributed by atoms with van der Waals surface area (Å²) in [6, 6.07) is 11.6. The lowest BCUT2D eigenvalue weighted by molar-refractivity contribution is 0.319. The SMILES string of the molecule is CN(Cc1cccc(Cl)c1)Cc1ccnc(C(=N)N)c1. The fourth-order valence-electron chi connectivity index (χ4n) is 2.03. The minimum atomic E-state index is -0.00987. The van der Waals surface area contributed by atoms with E-state index in [1.165, 1.54) is 5.56 Å². The molecule has 104 valence electrons. The lowest BCUT2D eigenvalue weighted by Crippen LogP contribution is -2.18. The number of halogens is 1. The maximum atomic E-state index is 7.40. The minimum absolute atomic E-state index is 0.00987. The van der Waals surface area contributed by atoms with E-state index in [0.29, 0.717) is 5.69 Å². The maximum absolute atomic E-state index is 7.40. The van der Waals surface area contributed by atoms with Crippen LogP contribution in [0.5, 0.6) is 0 Å². The van der Waals surface area contributed by atoms with Crippen LogP contribution in [0, 0.1) is 5.41 Å². The van der Waals surface area contributed by atoms with Gasteiger partial charge in [0, 0.05) is 24.3 Å². The standard InChI is InChI=1S/C15H17ClN4/c1-20(9-11-3-2-4-13(16)7-11)10-12-5-6-19-14(8-12)15(17)18/h2-8H,9-10H2,1H3,(H3,17,18). The highest BCUT2D eigenvalue weighted by atomic mass is 35.5. The second-order valence-electron chi connectivity index (χ2n) is 4.77. The van der Waals surface area contributed by atoms with Gasteiger partial charge in [-0.25, -0.2) is 0 Å². The second-order valence-corrected chi connectivity index (χ2v) is 5.20. The van der Waals surface area contributed by atoms with Crippen molar-refractivity contribution in [2.24, 2.45) is 5.73 Å². The van der Waals surface area contributed by atoms with E-state index >= 15 is 0 Å². The Morgan fingerprint density at radius 3 is 2.60 bits per heavy atom. The molecule has 2 aromatic rings. The van der Waals surface area contributed by atoms with Crippen LogP contribution in [0.25, 0.3) is 0 Å². The topological polar surface area (TPSA) is 66.0 Å². The molecule has 0 aliphatic rings. The summed E-state index contributed by atoms with van der Waals surface area (Å²) in [6.45, 7) is 1.56. The van der Waals surface area contributed by atoms with Gasteiger partial charge in [0.25, 0.3) is 0 Å². The summed E-state index contributed by atoms with van der Waals surface area (Å²) in [6.07, 6.45) is 1.68. The summed E-state index contributed by atoms with van der Waals surface area (Å²) in [5.74, 6) is -0.00987. The number of pyridine rings is 1. The van der Waals surface area contributed by atoms with Gasteiger partial charge in [-0.1, -0.05) is 23.7 Å². The van der Waals surface area contributed by atoms with Crippen LogP contribution in [-0.4, -0.2) is 22.8 Å². The van der Waals surface area contributed by atoms with Crippen molar-refractivity contribution in [1.29, 1.82) is 5.41 Å². The summed E-state index contributed by atoms with van der Waals surface area (Å²) >= 11 is 5.98. The molecular formula is C15H17ClN4. The molecule has 1 aromatic carbocycles. The lowest BCUT2D eigenvalue weighted by atomic mass is 10.2. The third-order valence-corrected chi connectivity index (χ3v) is 3.13. The van der Waals surface area contributed by atoms with Crippen LogP contribution >= 0.6 is 11.6 Å². The average molecular weight is 289 g/mol. The number of nitrogens with two attached hydrogens (primary N) is 1. The molecule has 0 saturated carbocycles. The molecule has 4 nitrogen and oxygen atoms in total. The van der Waals surface area contributed by atoms with Crippen molar-refractivity contribution in [3.63, 3.8) is 0 Å². The van der Waals surface area contributed by atoms with Crippen molar-refractivity contribution in [3.8, 4) is 0 Å². The highest BCUT2D eigenvalue weighted by Gasteiger charge is 2.05. The molecule has 0 bridgehead atoms. The third kappa shape index (κ3) is 4.05. The minimum Gasteiger partial charge on any atom is -0.382 e. The van der Waals surface area contributed by atoms with Crippen molar-refractivity contribution >= 4 is 17.4 Å². The highest BCUT2D eigenvalue weighted by Crippen LogP contribution is 2.13. The molecule has 1 heterocycles. The van der Waals surface area contributed by atoms with Crippen LogP contribution in [0.15, 0.2) is 42.6 Å². The Morgan fingerprint density at radius 1 is 1.25 bits per heavy atom. The van der Waals surface area contributed by atoms with E-state index in [-0.39, 0.29) is 5.84 Å². The number of aromatic nitrogens is 1. The monoisotopic (exact) mass is 288 g/mol. The molecular weight excluding hydrogens is 272 g/mol. The smallest absolute Gasteiger partial charge is 0.141 e. The molecule has 0 aliphatic heterocycles. The number of nitrogen functional groups attached to an aromatic ring is 1. The van der Waals surface area contributed by atoms with Crippen molar-refractivity contribution in [2.75, 3.05) is 7.05 Å². The molecule has 0 saturated heterocycles. The molecule has 5 heteroatoms. The first-order valence-electron chi connectivity index (χ1n) is 6.27. The average Bonchev–Trinajstić information content (AvgIpc) is 2.38. The van der Waals surface area contributed by atoms with Crippen molar-refractivity contribution < 1.29 is 0 Å². The summed E-state index contributed by atoms with van der Waals surface area (Å²) in [5, 5.41) is 8.15. The molecule has 20 heavy (non-hydrogen) atoms. The van der Waals surface area contributed by atoms with Crippen LogP contribution in [0.4, 0.5) is 0 Å². The lowest BCUT2D eigenvalue weighted by Gasteiger charge is -2.17. The molecule has 0 amide bonds. The first kappa shape index (κ1) is 14.5. The van der Waals surface area contributed by atoms with Gasteiger partial charge in [-0.2, -0.15) is 0 Å². The predicted molar refractivity (Wildman–Crippen MR) is 81.9 cm³/mol. The van der Waals surface area contributed by atoms with Gasteiger partial charge in [0.05, 0.1) is 0 Å². The molecule has 0 unspecified atom stereocenters. The normalized spacial score (nSPS) is 10.8. The largest absolute Gasteiger partial charge is 0.382 e. The number of nitrogens with zero attached hydrogens (tertiary/aromatic N) is 2. The number of hydrogen-bond donors (Lipinski definition) is 2. The third-order valence-electron chi connectivity index (χ3n) is 2.89. The van der Waals surface area contributed by atoms with E-state index in [1.54, 1.807) is 6.20 Å². The molecule has 0 spiro atoms. The molecule has 0 aliphatic carbocycles. The highest BCUT2D eigenvalue weighted by molar-refractivity contribution is 6.30. The quantitative estimate of drug-likeness (QED) is 0.656. The molecule has 0 fully saturated rings. The van der Waals surface area contributed by atoms with E-state index in [0.717, 1.165) is 23.7 Å². The molecule has 0 radical (unpaired) electrons. The van der Waals surface area contributed by atoms with Gasteiger partial charge in [0.1, 0.15) is 11.5 Å². The van der Waals surface area contributed by atoms with Gasteiger partial charge < -0.3 is 5.73 Å². The van der Waals surface area contributed by atoms with Crippen LogP contribution in [0.3, 0.4) is 0 Å². The Labute approximate surface area is 123 Å². The summed E-state index contributed by atoms with van der Waals surface area (Å²) < 4.78 is 0. The van der Waals surface area contributed by atoms with Gasteiger partial charge in [0.2, 0.25) is 0 Å². The molecule has 2 rings (SSSR count). The van der Waals surface area contributed by atoms with Crippen molar-refractivity contribution in [1.82, 2.24) is 9.88 Å². The Bertz CT molecular complexity index is 612. The van der Waals surface area contributed by atoms with E-state index < -0.39 is 0 Å². The van der Waals surface area contributed by atoms with E-state index in [9.17, 15) is 0 Å². The molecule has 1 aromatic heterocycles. The summed E-state index contributed by atoms with van der Waals surface area (Å²) in [4.78, 5) is 6.23. The molecule has 3 N–H and O–H groups in total. The summed E-state index contributed by atoms with van der Waals surface area (Å²) in [5.41, 5.74) is 8.20. The number of hydrogen-bond acceptors (Lipinski definition) is 3. The first-order valence-corrected chi connectivity index (χ1v) is 6.64. The number of benzene rings is 1. The Balaban J connectivity index is 2.02. The summed E-state index contributed by atoms with van der Waals surface area (Å²) in [7, 11) is 2.04. The van der Waals surface area contributed by atoms with Crippen LogP contribution in [0.1, 0.15) is 16.8 Å². The van der Waals surface area contributed by atoms with Gasteiger partial charge >= 0.3 is 0 Å². The van der Waals surface area contributed by atoms with Gasteiger partial charge in [-0.05, 0) is 42.4 Å². The van der Waals surface area contributed by atoms with Crippen LogP contribution in [0.2, 0.25) is 5.02 Å². The zero-order valence-electron chi connectivity index (χ0n) is 11.3. The zero-order valence-corrected chi connectivity index (χ0v) is 12.1. The van der Waals surface area contributed by atoms with E-state index in [2.05, 4.69) is 16.0 Å². The Morgan fingerprint density at radius 2 is 1.95 bits per heavy atom. The van der Waals surface area contributed by atoms with Crippen molar-refractivity contribution in [3.05, 3.63) is 64.4 Å². The Kier molecular flexibility index (Phi) is 4.71. The zero-order chi connectivity index (χ0) is 14.5. The molecule has 0 atom stereocenters. The van der Waals surface area contributed by atoms with Gasteiger partial charge in [-0.3, -0.25) is 15.3 Å². The fourth-order valence-corrected chi connectivity index (χ4v) is 2.25. The predicted octanol–water partition coefficient (Wildman–Crippen LogP) is 2.65. The van der Waals surface area contributed by atoms with E-state index in [4.69, 9.17) is 22.7 Å².